The lowest BCUT2D eigenvalue weighted by Gasteiger charge is -2.36. The Morgan fingerprint density at radius 2 is 1.85 bits per heavy atom. The first kappa shape index (κ1) is 26.3. The molecule has 0 radical (unpaired) electrons. The molecule has 2 aromatic carbocycles. The minimum absolute atomic E-state index is 0.266. The van der Waals surface area contributed by atoms with Crippen LogP contribution in [0.25, 0.3) is 0 Å². The van der Waals surface area contributed by atoms with E-state index in [4.69, 9.17) is 0 Å². The Labute approximate surface area is 203 Å². The van der Waals surface area contributed by atoms with E-state index < -0.39 is 10.0 Å². The fourth-order valence-electron chi connectivity index (χ4n) is 4.58. The molecule has 1 atom stereocenters. The normalized spacial score (nSPS) is 16.5. The molecule has 0 aromatic heterocycles. The average molecular weight is 490 g/mol. The molecular formula is C26H36FN3O3S. The summed E-state index contributed by atoms with van der Waals surface area (Å²) in [5.41, 5.74) is 2.27. The molecule has 0 saturated carbocycles. The summed E-state index contributed by atoms with van der Waals surface area (Å²) in [5.74, 6) is -0.142. The van der Waals surface area contributed by atoms with Crippen molar-refractivity contribution in [2.45, 2.75) is 45.6 Å². The first-order chi connectivity index (χ1) is 16.2. The number of nitrogens with one attached hydrogen (secondary N) is 1. The van der Waals surface area contributed by atoms with Crippen molar-refractivity contribution < 1.29 is 17.6 Å². The van der Waals surface area contributed by atoms with Crippen LogP contribution in [0.5, 0.6) is 0 Å². The summed E-state index contributed by atoms with van der Waals surface area (Å²) < 4.78 is 38.3. The molecule has 1 N–H and O–H groups in total. The van der Waals surface area contributed by atoms with Crippen molar-refractivity contribution in [2.24, 2.45) is 5.92 Å². The van der Waals surface area contributed by atoms with Crippen LogP contribution in [-0.2, 0) is 16.4 Å². The maximum absolute atomic E-state index is 13.1. The molecule has 1 amide bonds. The molecule has 2 aromatic rings. The molecule has 34 heavy (non-hydrogen) atoms. The second kappa shape index (κ2) is 11.9. The number of carbonyl (C=O) groups is 1. The molecular weight excluding hydrogens is 453 g/mol. The lowest BCUT2D eigenvalue weighted by molar-refractivity contribution is 0.102. The number of hydrogen-bond acceptors (Lipinski definition) is 4. The van der Waals surface area contributed by atoms with Crippen LogP contribution in [0.1, 0.15) is 49.0 Å². The van der Waals surface area contributed by atoms with E-state index in [1.165, 1.54) is 30.5 Å². The Bertz CT molecular complexity index is 1050. The Morgan fingerprint density at radius 3 is 2.47 bits per heavy atom. The number of carbonyl (C=O) groups excluding carboxylic acids is 1. The molecule has 1 unspecified atom stereocenters. The molecule has 3 rings (SSSR count). The highest BCUT2D eigenvalue weighted by Gasteiger charge is 2.27. The largest absolute Gasteiger partial charge is 0.322 e. The summed E-state index contributed by atoms with van der Waals surface area (Å²) in [7, 11) is -3.10. The molecule has 1 aliphatic heterocycles. The van der Waals surface area contributed by atoms with Gasteiger partial charge < -0.3 is 10.2 Å². The zero-order valence-corrected chi connectivity index (χ0v) is 21.2. The van der Waals surface area contributed by atoms with Gasteiger partial charge in [-0.15, -0.1) is 0 Å². The smallest absolute Gasteiger partial charge is 0.255 e. The molecule has 1 fully saturated rings. The van der Waals surface area contributed by atoms with Gasteiger partial charge in [0.15, 0.2) is 0 Å². The van der Waals surface area contributed by atoms with Gasteiger partial charge in [0.2, 0.25) is 10.0 Å². The summed E-state index contributed by atoms with van der Waals surface area (Å²) in [6.45, 7) is 7.58. The van der Waals surface area contributed by atoms with Crippen LogP contribution in [0.4, 0.5) is 10.1 Å². The molecule has 1 heterocycles. The highest BCUT2D eigenvalue weighted by molar-refractivity contribution is 7.88. The van der Waals surface area contributed by atoms with E-state index >= 15 is 0 Å². The molecule has 0 bridgehead atoms. The third kappa shape index (κ3) is 7.61. The first-order valence-electron chi connectivity index (χ1n) is 12.0. The van der Waals surface area contributed by atoms with Crippen LogP contribution in [0.15, 0.2) is 48.5 Å². The number of amides is 1. The van der Waals surface area contributed by atoms with Crippen molar-refractivity contribution in [2.75, 3.05) is 37.8 Å². The Hall–Kier alpha value is -2.29. The highest BCUT2D eigenvalue weighted by Crippen LogP contribution is 2.23. The van der Waals surface area contributed by atoms with Crippen LogP contribution in [0.2, 0.25) is 0 Å². The lowest BCUT2D eigenvalue weighted by Crippen LogP contribution is -2.44. The van der Waals surface area contributed by atoms with Crippen LogP contribution >= 0.6 is 0 Å². The maximum Gasteiger partial charge on any atom is 0.255 e. The number of benzene rings is 2. The predicted molar refractivity (Wildman–Crippen MR) is 135 cm³/mol. The van der Waals surface area contributed by atoms with Gasteiger partial charge in [0.05, 0.1) is 6.26 Å². The summed E-state index contributed by atoms with van der Waals surface area (Å²) in [6, 6.07) is 13.7. The zero-order valence-electron chi connectivity index (χ0n) is 20.3. The van der Waals surface area contributed by atoms with E-state index in [1.54, 1.807) is 4.31 Å². The quantitative estimate of drug-likeness (QED) is 0.537. The molecule has 0 aliphatic carbocycles. The maximum atomic E-state index is 13.1. The van der Waals surface area contributed by atoms with E-state index in [1.807, 2.05) is 18.2 Å². The molecule has 0 spiro atoms. The minimum atomic E-state index is -3.10. The second-order valence-corrected chi connectivity index (χ2v) is 11.3. The van der Waals surface area contributed by atoms with Gasteiger partial charge in [-0.2, -0.15) is 0 Å². The molecule has 1 aliphatic rings. The third-order valence-corrected chi connectivity index (χ3v) is 7.79. The van der Waals surface area contributed by atoms with Gasteiger partial charge in [-0.3, -0.25) is 4.79 Å². The van der Waals surface area contributed by atoms with Gasteiger partial charge in [0.25, 0.3) is 5.91 Å². The van der Waals surface area contributed by atoms with E-state index in [2.05, 4.69) is 30.1 Å². The zero-order chi connectivity index (χ0) is 24.7. The SMILES string of the molecule is CCCN(CC1CCN(S(C)(=O)=O)CC1)C(C)Cc1cccc(NC(=O)c2ccc(F)cc2)c1. The minimum Gasteiger partial charge on any atom is -0.322 e. The van der Waals surface area contributed by atoms with Gasteiger partial charge in [-0.1, -0.05) is 19.1 Å². The molecule has 8 heteroatoms. The number of piperidine rings is 1. The van der Waals surface area contributed by atoms with Gasteiger partial charge in [-0.05, 0) is 87.0 Å². The number of hydrogen-bond donors (Lipinski definition) is 1. The second-order valence-electron chi connectivity index (χ2n) is 9.31. The van der Waals surface area contributed by atoms with Crippen molar-refractivity contribution >= 4 is 21.6 Å². The number of rotatable bonds is 10. The van der Waals surface area contributed by atoms with Crippen LogP contribution in [0, 0.1) is 11.7 Å². The van der Waals surface area contributed by atoms with E-state index in [0.29, 0.717) is 36.3 Å². The van der Waals surface area contributed by atoms with Crippen molar-refractivity contribution in [1.29, 1.82) is 0 Å². The van der Waals surface area contributed by atoms with Gasteiger partial charge >= 0.3 is 0 Å². The first-order valence-corrected chi connectivity index (χ1v) is 13.9. The molecule has 186 valence electrons. The topological polar surface area (TPSA) is 69.7 Å². The molecule has 6 nitrogen and oxygen atoms in total. The van der Waals surface area contributed by atoms with Gasteiger partial charge in [0, 0.05) is 36.9 Å². The van der Waals surface area contributed by atoms with E-state index in [-0.39, 0.29) is 11.7 Å². The van der Waals surface area contributed by atoms with Gasteiger partial charge in [0.1, 0.15) is 5.82 Å². The third-order valence-electron chi connectivity index (χ3n) is 6.49. The average Bonchev–Trinajstić information content (AvgIpc) is 2.79. The van der Waals surface area contributed by atoms with E-state index in [9.17, 15) is 17.6 Å². The monoisotopic (exact) mass is 489 g/mol. The summed E-state index contributed by atoms with van der Waals surface area (Å²) in [6.07, 6.45) is 4.98. The highest BCUT2D eigenvalue weighted by atomic mass is 32.2. The van der Waals surface area contributed by atoms with Gasteiger partial charge in [-0.25, -0.2) is 17.1 Å². The number of sulfonamides is 1. The summed E-state index contributed by atoms with van der Waals surface area (Å²) in [4.78, 5) is 15.0. The van der Waals surface area contributed by atoms with Crippen LogP contribution in [-0.4, -0.2) is 62.0 Å². The van der Waals surface area contributed by atoms with Crippen molar-refractivity contribution in [3.63, 3.8) is 0 Å². The fourth-order valence-corrected chi connectivity index (χ4v) is 5.46. The Morgan fingerprint density at radius 1 is 1.18 bits per heavy atom. The fraction of sp³-hybridized carbons (Fsp3) is 0.500. The standard InChI is InChI=1S/C26H36FN3O3S/c1-4-14-29(19-21-12-15-30(16-13-21)34(3,32)33)20(2)17-22-6-5-7-25(18-22)28-26(31)23-8-10-24(27)11-9-23/h5-11,18,20-21H,4,12-17,19H2,1-3H3,(H,28,31). The number of nitrogens with zero attached hydrogens (tertiary/aromatic N) is 2. The number of anilines is 1. The molecule has 1 saturated heterocycles. The van der Waals surface area contributed by atoms with Crippen molar-refractivity contribution in [1.82, 2.24) is 9.21 Å². The van der Waals surface area contributed by atoms with Crippen LogP contribution in [0.3, 0.4) is 0 Å². The van der Waals surface area contributed by atoms with Crippen LogP contribution < -0.4 is 5.32 Å². The van der Waals surface area contributed by atoms with Crippen molar-refractivity contribution in [3.05, 3.63) is 65.5 Å². The predicted octanol–water partition coefficient (Wildman–Crippen LogP) is 4.39. The van der Waals surface area contributed by atoms with Crippen molar-refractivity contribution in [3.8, 4) is 0 Å². The summed E-state index contributed by atoms with van der Waals surface area (Å²) in [5, 5.41) is 2.90. The lowest BCUT2D eigenvalue weighted by atomic mass is 9.96. The summed E-state index contributed by atoms with van der Waals surface area (Å²) >= 11 is 0. The Kier molecular flexibility index (Phi) is 9.22. The van der Waals surface area contributed by atoms with E-state index in [0.717, 1.165) is 44.3 Å². The Balaban J connectivity index is 1.58. The number of halogens is 1.